The fourth-order valence-electron chi connectivity index (χ4n) is 4.94. The molecule has 0 aliphatic carbocycles. The lowest BCUT2D eigenvalue weighted by Gasteiger charge is -2.46. The second-order valence-electron chi connectivity index (χ2n) is 10.3. The Morgan fingerprint density at radius 1 is 1.11 bits per heavy atom. The van der Waals surface area contributed by atoms with Gasteiger partial charge < -0.3 is 29.5 Å². The highest BCUT2D eigenvalue weighted by Gasteiger charge is 2.69. The second kappa shape index (κ2) is 10.5. The van der Waals surface area contributed by atoms with Gasteiger partial charge in [-0.15, -0.1) is 0 Å². The number of ether oxygens (including phenoxy) is 4. The van der Waals surface area contributed by atoms with E-state index in [1.807, 2.05) is 38.1 Å². The van der Waals surface area contributed by atoms with Gasteiger partial charge in [-0.3, -0.25) is 9.53 Å². The minimum absolute atomic E-state index is 0.368. The van der Waals surface area contributed by atoms with Crippen molar-refractivity contribution in [3.05, 3.63) is 64.2 Å². The molecule has 8 nitrogen and oxygen atoms in total. The molecule has 2 heterocycles. The summed E-state index contributed by atoms with van der Waals surface area (Å²) < 4.78 is 23.2. The Kier molecular flexibility index (Phi) is 7.91. The number of fused-ring (bicyclic) bond motifs is 2. The Morgan fingerprint density at radius 2 is 1.81 bits per heavy atom. The zero-order valence-corrected chi connectivity index (χ0v) is 22.3. The molecule has 2 fully saturated rings. The number of esters is 1. The van der Waals surface area contributed by atoms with Gasteiger partial charge >= 0.3 is 5.97 Å². The maximum Gasteiger partial charge on any atom is 0.314 e. The number of aliphatic hydroxyl groups is 3. The summed E-state index contributed by atoms with van der Waals surface area (Å²) in [4.78, 5) is 13.0. The molecule has 0 saturated carbocycles. The zero-order valence-electron chi connectivity index (χ0n) is 21.6. The number of halogens is 1. The third-order valence-corrected chi connectivity index (χ3v) is 7.44. The molecule has 2 bridgehead atoms. The fourth-order valence-corrected chi connectivity index (χ4v) is 5.12. The first-order valence-corrected chi connectivity index (χ1v) is 13.0. The van der Waals surface area contributed by atoms with Crippen molar-refractivity contribution < 1.29 is 39.1 Å². The van der Waals surface area contributed by atoms with Crippen LogP contribution in [0.25, 0.3) is 0 Å². The van der Waals surface area contributed by atoms with Gasteiger partial charge in [-0.25, -0.2) is 0 Å². The Balaban J connectivity index is 1.64. The van der Waals surface area contributed by atoms with E-state index < -0.39 is 41.3 Å². The van der Waals surface area contributed by atoms with Gasteiger partial charge in [0, 0.05) is 10.6 Å². The molecular weight excluding hydrogens is 500 g/mol. The number of hydrogen-bond donors (Lipinski definition) is 3. The number of carbonyl (C=O) groups is 1. The van der Waals surface area contributed by atoms with Crippen LogP contribution in [-0.4, -0.2) is 58.6 Å². The summed E-state index contributed by atoms with van der Waals surface area (Å²) in [7, 11) is 0. The first kappa shape index (κ1) is 27.8. The molecule has 2 saturated heterocycles. The molecular formula is C28H35ClO8. The minimum Gasteiger partial charge on any atom is -0.494 e. The summed E-state index contributed by atoms with van der Waals surface area (Å²) in [5, 5.41) is 33.1. The predicted molar refractivity (Wildman–Crippen MR) is 136 cm³/mol. The summed E-state index contributed by atoms with van der Waals surface area (Å²) in [6.45, 7) is 7.56. The Labute approximate surface area is 222 Å². The molecule has 4 rings (SSSR count). The number of aliphatic hydroxyl groups excluding tert-OH is 3. The number of hydrogen-bond acceptors (Lipinski definition) is 8. The van der Waals surface area contributed by atoms with E-state index in [1.165, 1.54) is 0 Å². The van der Waals surface area contributed by atoms with Crippen LogP contribution in [0.3, 0.4) is 0 Å². The SMILES string of the molecule is CCCC(C)(C)C(=O)O[C@]12CO[C@@](c3ccc(Cl)c(Cc4ccc(OCC)cc4)c3)(O1)[C@H](O)[C@H](O)[C@@H]2O. The number of rotatable bonds is 9. The van der Waals surface area contributed by atoms with E-state index in [0.717, 1.165) is 23.3 Å². The highest BCUT2D eigenvalue weighted by atomic mass is 35.5. The number of carbonyl (C=O) groups excluding carboxylic acids is 1. The zero-order chi connectivity index (χ0) is 27.0. The lowest BCUT2D eigenvalue weighted by Crippen LogP contribution is -2.66. The normalized spacial score (nSPS) is 29.2. The predicted octanol–water partition coefficient (Wildman–Crippen LogP) is 3.69. The average Bonchev–Trinajstić information content (AvgIpc) is 3.23. The Morgan fingerprint density at radius 3 is 2.46 bits per heavy atom. The van der Waals surface area contributed by atoms with Crippen molar-refractivity contribution >= 4 is 17.6 Å². The van der Waals surface area contributed by atoms with Gasteiger partial charge in [0.15, 0.2) is 6.10 Å². The molecule has 0 radical (unpaired) electrons. The lowest BCUT2D eigenvalue weighted by molar-refractivity contribution is -0.372. The van der Waals surface area contributed by atoms with Gasteiger partial charge in [-0.05, 0) is 69.0 Å². The Bertz CT molecular complexity index is 1120. The largest absolute Gasteiger partial charge is 0.494 e. The smallest absolute Gasteiger partial charge is 0.314 e. The minimum atomic E-state index is -1.98. The summed E-state index contributed by atoms with van der Waals surface area (Å²) in [6.07, 6.45) is -3.27. The molecule has 2 aromatic rings. The summed E-state index contributed by atoms with van der Waals surface area (Å²) in [5.74, 6) is -3.67. The van der Waals surface area contributed by atoms with E-state index >= 15 is 0 Å². The molecule has 0 unspecified atom stereocenters. The van der Waals surface area contributed by atoms with Gasteiger partial charge in [0.1, 0.15) is 24.6 Å². The van der Waals surface area contributed by atoms with Crippen molar-refractivity contribution in [3.63, 3.8) is 0 Å². The van der Waals surface area contributed by atoms with E-state index in [9.17, 15) is 20.1 Å². The van der Waals surface area contributed by atoms with Crippen LogP contribution < -0.4 is 4.74 Å². The maximum absolute atomic E-state index is 13.0. The van der Waals surface area contributed by atoms with Crippen LogP contribution >= 0.6 is 11.6 Å². The van der Waals surface area contributed by atoms with E-state index in [4.69, 9.17) is 30.5 Å². The highest BCUT2D eigenvalue weighted by molar-refractivity contribution is 6.31. The molecule has 0 spiro atoms. The van der Waals surface area contributed by atoms with Crippen LogP contribution in [0.4, 0.5) is 0 Å². The standard InChI is InChI=1S/C28H35ClO8/c1-5-13-26(3,4)25(33)36-27-16-35-28(37-27,24(32)22(30)23(27)31)19-9-12-21(29)18(15-19)14-17-7-10-20(11-8-17)34-6-2/h7-12,15,22-24,30-32H,5-6,13-14,16H2,1-4H3/t22-,23+,24-,27-,28+/m1/s1. The van der Waals surface area contributed by atoms with E-state index in [2.05, 4.69) is 0 Å². The van der Waals surface area contributed by atoms with Crippen LogP contribution in [0.1, 0.15) is 57.2 Å². The highest BCUT2D eigenvalue weighted by Crippen LogP contribution is 2.51. The average molecular weight is 535 g/mol. The molecule has 2 aromatic carbocycles. The van der Waals surface area contributed by atoms with Crippen molar-refractivity contribution in [1.82, 2.24) is 0 Å². The van der Waals surface area contributed by atoms with Gasteiger partial charge in [-0.1, -0.05) is 43.1 Å². The molecule has 202 valence electrons. The summed E-state index contributed by atoms with van der Waals surface area (Å²) >= 11 is 6.50. The van der Waals surface area contributed by atoms with Crippen LogP contribution in [0.2, 0.25) is 5.02 Å². The molecule has 3 N–H and O–H groups in total. The fraction of sp³-hybridized carbons (Fsp3) is 0.536. The Hall–Kier alpha value is -2.20. The molecule has 9 heteroatoms. The quantitative estimate of drug-likeness (QED) is 0.417. The van der Waals surface area contributed by atoms with Crippen molar-refractivity contribution in [2.75, 3.05) is 13.2 Å². The molecule has 37 heavy (non-hydrogen) atoms. The molecule has 2 aliphatic rings. The van der Waals surface area contributed by atoms with E-state index in [1.54, 1.807) is 32.0 Å². The van der Waals surface area contributed by atoms with Crippen molar-refractivity contribution in [3.8, 4) is 5.75 Å². The van der Waals surface area contributed by atoms with Crippen LogP contribution in [0.15, 0.2) is 42.5 Å². The van der Waals surface area contributed by atoms with Crippen molar-refractivity contribution in [2.24, 2.45) is 5.41 Å². The van der Waals surface area contributed by atoms with E-state index in [0.29, 0.717) is 30.0 Å². The lowest BCUT2D eigenvalue weighted by atomic mass is 9.86. The second-order valence-corrected chi connectivity index (χ2v) is 10.7. The number of benzene rings is 2. The molecule has 0 aromatic heterocycles. The van der Waals surface area contributed by atoms with Crippen LogP contribution in [-0.2, 0) is 31.2 Å². The monoisotopic (exact) mass is 534 g/mol. The summed E-state index contributed by atoms with van der Waals surface area (Å²) in [6, 6.07) is 12.6. The van der Waals surface area contributed by atoms with Crippen molar-refractivity contribution in [2.45, 2.75) is 76.8 Å². The van der Waals surface area contributed by atoms with Crippen molar-refractivity contribution in [1.29, 1.82) is 0 Å². The third-order valence-electron chi connectivity index (χ3n) is 7.07. The topological polar surface area (TPSA) is 115 Å². The molecule has 2 aliphatic heterocycles. The van der Waals surface area contributed by atoms with Gasteiger partial charge in [-0.2, -0.15) is 0 Å². The van der Waals surface area contributed by atoms with Gasteiger partial charge in [0.25, 0.3) is 5.79 Å². The molecule has 0 amide bonds. The first-order valence-electron chi connectivity index (χ1n) is 12.6. The molecule has 5 atom stereocenters. The van der Waals surface area contributed by atoms with E-state index in [-0.39, 0.29) is 6.61 Å². The first-order chi connectivity index (χ1) is 17.5. The van der Waals surface area contributed by atoms with Gasteiger partial charge in [0.2, 0.25) is 5.79 Å². The maximum atomic E-state index is 13.0. The van der Waals surface area contributed by atoms with Crippen LogP contribution in [0, 0.1) is 5.41 Å². The summed E-state index contributed by atoms with van der Waals surface area (Å²) in [5.41, 5.74) is 1.25. The van der Waals surface area contributed by atoms with Crippen LogP contribution in [0.5, 0.6) is 5.75 Å². The van der Waals surface area contributed by atoms with Gasteiger partial charge in [0.05, 0.1) is 12.0 Å². The third kappa shape index (κ3) is 5.11.